The van der Waals surface area contributed by atoms with E-state index in [0.717, 1.165) is 37.6 Å². The molecule has 1 aliphatic rings. The van der Waals surface area contributed by atoms with Gasteiger partial charge in [0.15, 0.2) is 0 Å². The summed E-state index contributed by atoms with van der Waals surface area (Å²) in [5.41, 5.74) is 2.68. The third kappa shape index (κ3) is 2.57. The van der Waals surface area contributed by atoms with E-state index in [2.05, 4.69) is 11.4 Å². The number of fused-ring (bicyclic) bond motifs is 1. The first-order valence-corrected chi connectivity index (χ1v) is 6.29. The van der Waals surface area contributed by atoms with Crippen LogP contribution in [0.15, 0.2) is 18.2 Å². The fourth-order valence-electron chi connectivity index (χ4n) is 2.27. The minimum atomic E-state index is 0.453. The fraction of sp³-hybridized carbons (Fsp3) is 0.538. The molecule has 3 heteroatoms. The van der Waals surface area contributed by atoms with Crippen LogP contribution in [-0.4, -0.2) is 19.8 Å². The Morgan fingerprint density at radius 2 is 2.38 bits per heavy atom. The summed E-state index contributed by atoms with van der Waals surface area (Å²) < 4.78 is 5.32. The van der Waals surface area contributed by atoms with Gasteiger partial charge in [-0.3, -0.25) is 0 Å². The SMILES string of the molecule is CCOCCNC1CCc2c(Cl)cccc21. The zero-order valence-electron chi connectivity index (χ0n) is 9.63. The predicted molar refractivity (Wildman–Crippen MR) is 67.0 cm³/mol. The Balaban J connectivity index is 1.93. The fourth-order valence-corrected chi connectivity index (χ4v) is 2.55. The molecule has 0 aliphatic heterocycles. The second-order valence-corrected chi connectivity index (χ2v) is 4.46. The molecule has 1 aliphatic carbocycles. The van der Waals surface area contributed by atoms with Gasteiger partial charge in [-0.25, -0.2) is 0 Å². The molecule has 0 saturated heterocycles. The van der Waals surface area contributed by atoms with Crippen LogP contribution in [0.4, 0.5) is 0 Å². The van der Waals surface area contributed by atoms with Crippen LogP contribution in [-0.2, 0) is 11.2 Å². The van der Waals surface area contributed by atoms with Crippen molar-refractivity contribution in [3.05, 3.63) is 34.3 Å². The highest BCUT2D eigenvalue weighted by atomic mass is 35.5. The number of ether oxygens (including phenoxy) is 1. The van der Waals surface area contributed by atoms with Crippen LogP contribution in [0.2, 0.25) is 5.02 Å². The standard InChI is InChI=1S/C13H18ClNO/c1-2-16-9-8-15-13-7-6-10-11(13)4-3-5-12(10)14/h3-5,13,15H,2,6-9H2,1H3. The Bertz CT molecular complexity index is 354. The van der Waals surface area contributed by atoms with Gasteiger partial charge in [0.1, 0.15) is 0 Å². The highest BCUT2D eigenvalue weighted by molar-refractivity contribution is 6.31. The number of benzene rings is 1. The van der Waals surface area contributed by atoms with Gasteiger partial charge in [0.25, 0.3) is 0 Å². The molecule has 0 aromatic heterocycles. The summed E-state index contributed by atoms with van der Waals surface area (Å²) in [6.45, 7) is 4.49. The van der Waals surface area contributed by atoms with Crippen LogP contribution < -0.4 is 5.32 Å². The molecule has 1 unspecified atom stereocenters. The van der Waals surface area contributed by atoms with Gasteiger partial charge in [-0.1, -0.05) is 23.7 Å². The van der Waals surface area contributed by atoms with Gasteiger partial charge in [0.05, 0.1) is 6.61 Å². The first-order valence-electron chi connectivity index (χ1n) is 5.91. The van der Waals surface area contributed by atoms with Crippen molar-refractivity contribution in [2.24, 2.45) is 0 Å². The average Bonchev–Trinajstić information content (AvgIpc) is 2.70. The van der Waals surface area contributed by atoms with Gasteiger partial charge >= 0.3 is 0 Å². The lowest BCUT2D eigenvalue weighted by Crippen LogP contribution is -2.23. The van der Waals surface area contributed by atoms with E-state index in [0.29, 0.717) is 6.04 Å². The Hall–Kier alpha value is -0.570. The first-order chi connectivity index (χ1) is 7.83. The first kappa shape index (κ1) is 11.9. The molecule has 0 spiro atoms. The second-order valence-electron chi connectivity index (χ2n) is 4.05. The highest BCUT2D eigenvalue weighted by Crippen LogP contribution is 2.35. The molecule has 16 heavy (non-hydrogen) atoms. The molecular formula is C13H18ClNO. The quantitative estimate of drug-likeness (QED) is 0.798. The maximum absolute atomic E-state index is 6.17. The van der Waals surface area contributed by atoms with E-state index in [1.54, 1.807) is 0 Å². The van der Waals surface area contributed by atoms with E-state index in [1.807, 2.05) is 19.1 Å². The Kier molecular flexibility index (Phi) is 4.22. The molecule has 1 aromatic rings. The number of halogens is 1. The van der Waals surface area contributed by atoms with Crippen LogP contribution in [0.3, 0.4) is 0 Å². The van der Waals surface area contributed by atoms with Gasteiger partial charge in [-0.2, -0.15) is 0 Å². The minimum absolute atomic E-state index is 0.453. The zero-order chi connectivity index (χ0) is 11.4. The summed E-state index contributed by atoms with van der Waals surface area (Å²) >= 11 is 6.17. The molecule has 0 radical (unpaired) electrons. The predicted octanol–water partition coefficient (Wildman–Crippen LogP) is 2.95. The molecule has 2 rings (SSSR count). The average molecular weight is 240 g/mol. The molecule has 0 fully saturated rings. The van der Waals surface area contributed by atoms with Crippen molar-refractivity contribution in [2.75, 3.05) is 19.8 Å². The van der Waals surface area contributed by atoms with Gasteiger partial charge in [0.2, 0.25) is 0 Å². The van der Waals surface area contributed by atoms with Gasteiger partial charge < -0.3 is 10.1 Å². The molecule has 0 saturated carbocycles. The maximum Gasteiger partial charge on any atom is 0.0590 e. The smallest absolute Gasteiger partial charge is 0.0590 e. The number of hydrogen-bond acceptors (Lipinski definition) is 2. The lowest BCUT2D eigenvalue weighted by atomic mass is 10.1. The van der Waals surface area contributed by atoms with Crippen molar-refractivity contribution in [3.63, 3.8) is 0 Å². The highest BCUT2D eigenvalue weighted by Gasteiger charge is 2.23. The summed E-state index contributed by atoms with van der Waals surface area (Å²) in [5.74, 6) is 0. The maximum atomic E-state index is 6.17. The van der Waals surface area contributed by atoms with Crippen LogP contribution in [0, 0.1) is 0 Å². The van der Waals surface area contributed by atoms with Gasteiger partial charge in [-0.15, -0.1) is 0 Å². The normalized spacial score (nSPS) is 18.8. The number of rotatable bonds is 5. The van der Waals surface area contributed by atoms with E-state index in [-0.39, 0.29) is 0 Å². The second kappa shape index (κ2) is 5.67. The van der Waals surface area contributed by atoms with E-state index in [1.165, 1.54) is 11.1 Å². The van der Waals surface area contributed by atoms with Crippen LogP contribution in [0.1, 0.15) is 30.5 Å². The Morgan fingerprint density at radius 1 is 1.50 bits per heavy atom. The molecular weight excluding hydrogens is 222 g/mol. The largest absolute Gasteiger partial charge is 0.380 e. The van der Waals surface area contributed by atoms with Crippen molar-refractivity contribution in [1.29, 1.82) is 0 Å². The summed E-state index contributed by atoms with van der Waals surface area (Å²) in [7, 11) is 0. The lowest BCUT2D eigenvalue weighted by molar-refractivity contribution is 0.147. The van der Waals surface area contributed by atoms with Crippen LogP contribution in [0.5, 0.6) is 0 Å². The van der Waals surface area contributed by atoms with E-state index >= 15 is 0 Å². The van der Waals surface area contributed by atoms with E-state index in [4.69, 9.17) is 16.3 Å². The third-order valence-electron chi connectivity index (χ3n) is 3.05. The van der Waals surface area contributed by atoms with Crippen LogP contribution >= 0.6 is 11.6 Å². The molecule has 0 bridgehead atoms. The Morgan fingerprint density at radius 3 is 3.19 bits per heavy atom. The zero-order valence-corrected chi connectivity index (χ0v) is 10.4. The molecule has 0 amide bonds. The molecule has 0 heterocycles. The summed E-state index contributed by atoms with van der Waals surface area (Å²) in [6, 6.07) is 6.63. The topological polar surface area (TPSA) is 21.3 Å². The number of hydrogen-bond donors (Lipinski definition) is 1. The van der Waals surface area contributed by atoms with Crippen molar-refractivity contribution >= 4 is 11.6 Å². The lowest BCUT2D eigenvalue weighted by Gasteiger charge is -2.14. The van der Waals surface area contributed by atoms with Crippen molar-refractivity contribution in [2.45, 2.75) is 25.8 Å². The third-order valence-corrected chi connectivity index (χ3v) is 3.41. The van der Waals surface area contributed by atoms with Gasteiger partial charge in [-0.05, 0) is 37.0 Å². The van der Waals surface area contributed by atoms with Crippen molar-refractivity contribution in [1.82, 2.24) is 5.32 Å². The molecule has 88 valence electrons. The molecule has 1 N–H and O–H groups in total. The number of nitrogens with one attached hydrogen (secondary N) is 1. The van der Waals surface area contributed by atoms with E-state index in [9.17, 15) is 0 Å². The van der Waals surface area contributed by atoms with E-state index < -0.39 is 0 Å². The molecule has 1 aromatic carbocycles. The Labute approximate surface area is 102 Å². The molecule has 2 nitrogen and oxygen atoms in total. The van der Waals surface area contributed by atoms with Gasteiger partial charge in [0, 0.05) is 24.2 Å². The minimum Gasteiger partial charge on any atom is -0.380 e. The van der Waals surface area contributed by atoms with Crippen molar-refractivity contribution < 1.29 is 4.74 Å². The van der Waals surface area contributed by atoms with Crippen molar-refractivity contribution in [3.8, 4) is 0 Å². The summed E-state index contributed by atoms with van der Waals surface area (Å²) in [4.78, 5) is 0. The monoisotopic (exact) mass is 239 g/mol. The molecule has 1 atom stereocenters. The summed E-state index contributed by atoms with van der Waals surface area (Å²) in [5, 5.41) is 4.43. The summed E-state index contributed by atoms with van der Waals surface area (Å²) in [6.07, 6.45) is 2.23. The van der Waals surface area contributed by atoms with Crippen LogP contribution in [0.25, 0.3) is 0 Å².